The minimum Gasteiger partial charge on any atom is -0.456 e. The summed E-state index contributed by atoms with van der Waals surface area (Å²) in [5.41, 5.74) is 0.997. The Morgan fingerprint density at radius 2 is 1.96 bits per heavy atom. The molecule has 114 valence electrons. The molecule has 0 bridgehead atoms. The smallest absolute Gasteiger partial charge is 0.339 e. The van der Waals surface area contributed by atoms with Crippen LogP contribution in [0.25, 0.3) is 5.65 Å². The van der Waals surface area contributed by atoms with Gasteiger partial charge in [0.2, 0.25) is 0 Å². The molecule has 3 rings (SSSR count). The van der Waals surface area contributed by atoms with E-state index in [2.05, 4.69) is 4.98 Å². The van der Waals surface area contributed by atoms with Crippen LogP contribution in [0.3, 0.4) is 0 Å². The number of fused-ring (bicyclic) bond motifs is 1. The summed E-state index contributed by atoms with van der Waals surface area (Å²) < 4.78 is 6.55. The van der Waals surface area contributed by atoms with Crippen molar-refractivity contribution in [2.45, 2.75) is 6.61 Å². The van der Waals surface area contributed by atoms with Crippen molar-refractivity contribution in [3.8, 4) is 0 Å². The molecule has 2 aromatic heterocycles. The third-order valence-electron chi connectivity index (χ3n) is 3.28. The molecule has 0 atom stereocenters. The molecular formula is C17H12N2O4. The number of ether oxygens (including phenoxy) is 1. The minimum absolute atomic E-state index is 0.146. The topological polar surface area (TPSA) is 77.7 Å². The molecule has 6 nitrogen and oxygen atoms in total. The van der Waals surface area contributed by atoms with Crippen molar-refractivity contribution in [2.24, 2.45) is 0 Å². The fourth-order valence-electron chi connectivity index (χ4n) is 2.18. The molecule has 0 fully saturated rings. The van der Waals surface area contributed by atoms with Crippen LogP contribution in [-0.4, -0.2) is 21.6 Å². The van der Waals surface area contributed by atoms with E-state index >= 15 is 0 Å². The molecule has 1 aromatic carbocycles. The van der Waals surface area contributed by atoms with Crippen molar-refractivity contribution in [2.75, 3.05) is 0 Å². The molecule has 0 N–H and O–H groups in total. The Kier molecular flexibility index (Phi) is 3.97. The average molecular weight is 308 g/mol. The van der Waals surface area contributed by atoms with Gasteiger partial charge in [-0.1, -0.05) is 24.3 Å². The maximum Gasteiger partial charge on any atom is 0.339 e. The Labute approximate surface area is 131 Å². The van der Waals surface area contributed by atoms with Crippen LogP contribution in [-0.2, 0) is 11.3 Å². The summed E-state index contributed by atoms with van der Waals surface area (Å²) in [7, 11) is 0. The molecule has 0 aliphatic carbocycles. The number of rotatable bonds is 4. The SMILES string of the molecule is O=Cc1ccccc1C(=O)OCc1cc(=O)n2ccccc2n1. The van der Waals surface area contributed by atoms with Gasteiger partial charge < -0.3 is 4.74 Å². The minimum atomic E-state index is -0.636. The molecule has 0 aliphatic rings. The first-order valence-electron chi connectivity index (χ1n) is 6.87. The first kappa shape index (κ1) is 14.6. The number of aldehydes is 1. The standard InChI is InChI=1S/C17H12N2O4/c20-10-12-5-1-2-6-14(12)17(22)23-11-13-9-16(21)19-8-4-3-7-15(19)18-13/h1-10H,11H2. The summed E-state index contributed by atoms with van der Waals surface area (Å²) >= 11 is 0. The zero-order valence-electron chi connectivity index (χ0n) is 12.0. The van der Waals surface area contributed by atoms with Gasteiger partial charge >= 0.3 is 5.97 Å². The summed E-state index contributed by atoms with van der Waals surface area (Å²) in [6.45, 7) is -0.146. The average Bonchev–Trinajstić information content (AvgIpc) is 2.59. The van der Waals surface area contributed by atoms with Crippen LogP contribution < -0.4 is 5.56 Å². The van der Waals surface area contributed by atoms with Crippen LogP contribution in [0.4, 0.5) is 0 Å². The first-order chi connectivity index (χ1) is 11.2. The van der Waals surface area contributed by atoms with E-state index in [9.17, 15) is 14.4 Å². The van der Waals surface area contributed by atoms with E-state index in [-0.39, 0.29) is 23.3 Å². The molecular weight excluding hydrogens is 296 g/mol. The molecule has 0 amide bonds. The molecule has 2 heterocycles. The number of nitrogens with zero attached hydrogens (tertiary/aromatic N) is 2. The van der Waals surface area contributed by atoms with E-state index in [4.69, 9.17) is 4.74 Å². The van der Waals surface area contributed by atoms with Crippen LogP contribution in [0.1, 0.15) is 26.4 Å². The van der Waals surface area contributed by atoms with Crippen molar-refractivity contribution in [3.05, 3.63) is 81.9 Å². The van der Waals surface area contributed by atoms with E-state index in [1.54, 1.807) is 36.5 Å². The largest absolute Gasteiger partial charge is 0.456 e. The van der Waals surface area contributed by atoms with E-state index < -0.39 is 5.97 Å². The lowest BCUT2D eigenvalue weighted by Crippen LogP contribution is -2.16. The Hall–Kier alpha value is -3.28. The highest BCUT2D eigenvalue weighted by molar-refractivity contribution is 5.98. The lowest BCUT2D eigenvalue weighted by molar-refractivity contribution is 0.0466. The van der Waals surface area contributed by atoms with Gasteiger partial charge in [0.05, 0.1) is 11.3 Å². The maximum absolute atomic E-state index is 12.1. The third-order valence-corrected chi connectivity index (χ3v) is 3.28. The van der Waals surface area contributed by atoms with Gasteiger partial charge in [-0.05, 0) is 18.2 Å². The van der Waals surface area contributed by atoms with Crippen molar-refractivity contribution < 1.29 is 14.3 Å². The Balaban J connectivity index is 1.82. The maximum atomic E-state index is 12.1. The fraction of sp³-hybridized carbons (Fsp3) is 0.0588. The van der Waals surface area contributed by atoms with Gasteiger partial charge in [0.1, 0.15) is 12.3 Å². The quantitative estimate of drug-likeness (QED) is 0.543. The predicted molar refractivity (Wildman–Crippen MR) is 82.4 cm³/mol. The zero-order valence-corrected chi connectivity index (χ0v) is 12.0. The monoisotopic (exact) mass is 308 g/mol. The van der Waals surface area contributed by atoms with Gasteiger partial charge in [-0.2, -0.15) is 0 Å². The van der Waals surface area contributed by atoms with Crippen LogP contribution >= 0.6 is 0 Å². The summed E-state index contributed by atoms with van der Waals surface area (Å²) in [4.78, 5) is 39.2. The van der Waals surface area contributed by atoms with Crippen LogP contribution in [0.15, 0.2) is 59.5 Å². The third kappa shape index (κ3) is 3.01. The lowest BCUT2D eigenvalue weighted by Gasteiger charge is -2.07. The summed E-state index contributed by atoms with van der Waals surface area (Å²) in [5.74, 6) is -0.636. The number of hydrogen-bond donors (Lipinski definition) is 0. The van der Waals surface area contributed by atoms with Crippen molar-refractivity contribution in [1.29, 1.82) is 0 Å². The molecule has 0 saturated heterocycles. The van der Waals surface area contributed by atoms with Gasteiger partial charge in [-0.3, -0.25) is 14.0 Å². The molecule has 0 spiro atoms. The molecule has 0 saturated carbocycles. The number of benzene rings is 1. The van der Waals surface area contributed by atoms with E-state index in [1.165, 1.54) is 22.6 Å². The second kappa shape index (κ2) is 6.23. The van der Waals surface area contributed by atoms with Crippen molar-refractivity contribution in [1.82, 2.24) is 9.38 Å². The number of carbonyl (C=O) groups is 2. The number of hydrogen-bond acceptors (Lipinski definition) is 5. The molecule has 0 unspecified atom stereocenters. The number of aromatic nitrogens is 2. The normalized spacial score (nSPS) is 10.4. The van der Waals surface area contributed by atoms with Gasteiger partial charge in [0, 0.05) is 17.8 Å². The first-order valence-corrected chi connectivity index (χ1v) is 6.87. The van der Waals surface area contributed by atoms with E-state index in [0.29, 0.717) is 17.6 Å². The van der Waals surface area contributed by atoms with Gasteiger partial charge in [0.15, 0.2) is 6.29 Å². The molecule has 6 heteroatoms. The Bertz CT molecular complexity index is 946. The Morgan fingerprint density at radius 1 is 1.17 bits per heavy atom. The van der Waals surface area contributed by atoms with Crippen LogP contribution in [0.2, 0.25) is 0 Å². The highest BCUT2D eigenvalue weighted by Gasteiger charge is 2.12. The van der Waals surface area contributed by atoms with Gasteiger partial charge in [-0.25, -0.2) is 9.78 Å². The van der Waals surface area contributed by atoms with Gasteiger partial charge in [0.25, 0.3) is 5.56 Å². The second-order valence-electron chi connectivity index (χ2n) is 4.80. The van der Waals surface area contributed by atoms with E-state index in [1.807, 2.05) is 0 Å². The molecule has 0 aliphatic heterocycles. The predicted octanol–water partition coefficient (Wildman–Crippen LogP) is 1.86. The summed E-state index contributed by atoms with van der Waals surface area (Å²) in [6, 6.07) is 12.8. The highest BCUT2D eigenvalue weighted by Crippen LogP contribution is 2.09. The van der Waals surface area contributed by atoms with Gasteiger partial charge in [-0.15, -0.1) is 0 Å². The number of esters is 1. The van der Waals surface area contributed by atoms with Crippen molar-refractivity contribution in [3.63, 3.8) is 0 Å². The molecule has 23 heavy (non-hydrogen) atoms. The van der Waals surface area contributed by atoms with E-state index in [0.717, 1.165) is 0 Å². The lowest BCUT2D eigenvalue weighted by atomic mass is 10.1. The zero-order chi connectivity index (χ0) is 16.2. The number of carbonyl (C=O) groups excluding carboxylic acids is 2. The highest BCUT2D eigenvalue weighted by atomic mass is 16.5. The summed E-state index contributed by atoms with van der Waals surface area (Å²) in [6.07, 6.45) is 2.21. The summed E-state index contributed by atoms with van der Waals surface area (Å²) in [5, 5.41) is 0. The fourth-order valence-corrected chi connectivity index (χ4v) is 2.18. The van der Waals surface area contributed by atoms with Crippen molar-refractivity contribution >= 4 is 17.9 Å². The van der Waals surface area contributed by atoms with Crippen LogP contribution in [0, 0.1) is 0 Å². The Morgan fingerprint density at radius 3 is 2.78 bits per heavy atom. The molecule has 3 aromatic rings. The molecule has 0 radical (unpaired) electrons. The second-order valence-corrected chi connectivity index (χ2v) is 4.80. The van der Waals surface area contributed by atoms with Crippen LogP contribution in [0.5, 0.6) is 0 Å². The number of pyridine rings is 1.